The molecule has 150 heavy (non-hydrogen) atoms. The third-order valence-electron chi connectivity index (χ3n) is 31.4. The molecule has 12 nitrogen and oxygen atoms in total. The van der Waals surface area contributed by atoms with Crippen molar-refractivity contribution < 1.29 is 0 Å². The van der Waals surface area contributed by atoms with E-state index >= 15 is 0 Å². The van der Waals surface area contributed by atoms with Gasteiger partial charge in [-0.15, -0.1) is 0 Å². The fraction of sp³-hybridized carbons (Fsp3) is 0.522. The Morgan fingerprint density at radius 2 is 0.693 bits per heavy atom. The van der Waals surface area contributed by atoms with Gasteiger partial charge in [-0.25, -0.2) is 0 Å². The van der Waals surface area contributed by atoms with Crippen molar-refractivity contribution in [3.63, 3.8) is 0 Å². The van der Waals surface area contributed by atoms with E-state index < -0.39 is 0 Å². The van der Waals surface area contributed by atoms with E-state index in [4.69, 9.17) is 0 Å². The molecule has 11 aromatic heterocycles. The first-order valence-corrected chi connectivity index (χ1v) is 58.3. The number of fused-ring (bicyclic) bond motifs is 11. The lowest BCUT2D eigenvalue weighted by atomic mass is 9.89. The van der Waals surface area contributed by atoms with E-state index in [1.807, 2.05) is 12.1 Å². The van der Waals surface area contributed by atoms with Crippen molar-refractivity contribution in [1.82, 2.24) is 50.2 Å². The predicted octanol–water partition coefficient (Wildman–Crippen LogP) is 39.2. The van der Waals surface area contributed by atoms with Crippen LogP contribution in [0.4, 0.5) is 11.4 Å². The monoisotopic (exact) mass is 2030 g/mol. The van der Waals surface area contributed by atoms with Crippen molar-refractivity contribution in [1.29, 1.82) is 0 Å². The lowest BCUT2D eigenvalue weighted by Crippen LogP contribution is -2.26. The minimum Gasteiger partial charge on any atom is -0.352 e. The van der Waals surface area contributed by atoms with Crippen molar-refractivity contribution in [3.8, 4) is 0 Å². The van der Waals surface area contributed by atoms with Crippen LogP contribution in [0.25, 0.3) is 34.0 Å². The molecule has 0 amide bonds. The molecule has 12 heterocycles. The molecule has 816 valence electrons. The van der Waals surface area contributed by atoms with E-state index in [-0.39, 0.29) is 7.43 Å². The van der Waals surface area contributed by atoms with E-state index in [2.05, 4.69) is 517 Å². The van der Waals surface area contributed by atoms with Crippen molar-refractivity contribution in [3.05, 3.63) is 343 Å². The molecule has 15 aromatic rings. The number of aryl methyl sites for hydroxylation is 12. The summed E-state index contributed by atoms with van der Waals surface area (Å²) < 4.78 is 26.2. The van der Waals surface area contributed by atoms with Gasteiger partial charge in [-0.1, -0.05) is 113 Å². The Morgan fingerprint density at radius 1 is 0.260 bits per heavy atom. The number of rotatable bonds is 12. The smallest absolute Gasteiger partial charge is 0.0493 e. The highest BCUT2D eigenvalue weighted by atomic mass is 15.2. The maximum atomic E-state index is 2.52. The highest BCUT2D eigenvalue weighted by Gasteiger charge is 2.27. The van der Waals surface area contributed by atoms with E-state index in [9.17, 15) is 0 Å². The molecule has 0 saturated carbocycles. The first-order valence-electron chi connectivity index (χ1n) is 58.3. The van der Waals surface area contributed by atoms with Gasteiger partial charge in [0.2, 0.25) is 0 Å². The molecule has 22 rings (SSSR count). The van der Waals surface area contributed by atoms with Crippen LogP contribution in [0.1, 0.15) is 455 Å². The average Bonchev–Trinajstić information content (AvgIpc) is 1.60. The van der Waals surface area contributed by atoms with Crippen LogP contribution >= 0.6 is 0 Å². The van der Waals surface area contributed by atoms with Crippen molar-refractivity contribution in [2.45, 2.75) is 463 Å². The zero-order valence-electron chi connectivity index (χ0n) is 99.8. The van der Waals surface area contributed by atoms with Crippen LogP contribution in [0, 0.1) is 67.2 Å². The molecule has 12 heteroatoms. The largest absolute Gasteiger partial charge is 0.352 e. The summed E-state index contributed by atoms with van der Waals surface area (Å²) in [6, 6.07) is 68.0. The van der Waals surface area contributed by atoms with Gasteiger partial charge in [0.15, 0.2) is 0 Å². The van der Waals surface area contributed by atoms with Crippen LogP contribution < -0.4 is 4.90 Å². The quantitative estimate of drug-likeness (QED) is 0.120. The van der Waals surface area contributed by atoms with Crippen molar-refractivity contribution >= 4 is 45.3 Å². The second-order valence-electron chi connectivity index (χ2n) is 47.6. The topological polar surface area (TPSA) is 57.5 Å². The Morgan fingerprint density at radius 3 is 1.16 bits per heavy atom. The summed E-state index contributed by atoms with van der Waals surface area (Å²) in [6.07, 6.45) is 49.9. The van der Waals surface area contributed by atoms with Gasteiger partial charge in [-0.2, -0.15) is 0 Å². The zero-order valence-corrected chi connectivity index (χ0v) is 99.8. The number of nitrogens with zero attached hydrogens (tertiary/aromatic N) is 12. The fourth-order valence-corrected chi connectivity index (χ4v) is 24.4. The molecule has 3 unspecified atom stereocenters. The van der Waals surface area contributed by atoms with Crippen LogP contribution in [-0.2, 0) is 70.6 Å². The molecule has 0 fully saturated rings. The molecular weight excluding hydrogens is 1830 g/mol. The van der Waals surface area contributed by atoms with E-state index in [1.54, 1.807) is 67.5 Å². The molecule has 4 aromatic carbocycles. The minimum absolute atomic E-state index is 0. The van der Waals surface area contributed by atoms with E-state index in [0.29, 0.717) is 72.5 Å². The highest BCUT2D eigenvalue weighted by Crippen LogP contribution is 2.41. The van der Waals surface area contributed by atoms with Gasteiger partial charge in [0.1, 0.15) is 0 Å². The maximum Gasteiger partial charge on any atom is 0.0493 e. The Kier molecular flexibility index (Phi) is 46.0. The molecule has 7 aliphatic rings. The summed E-state index contributed by atoms with van der Waals surface area (Å²) >= 11 is 0. The zero-order chi connectivity index (χ0) is 108. The second-order valence-corrected chi connectivity index (χ2v) is 47.6. The summed E-state index contributed by atoms with van der Waals surface area (Å²) in [7, 11) is 0. The Bertz CT molecular complexity index is 6460. The number of hydrogen-bond acceptors (Lipinski definition) is 1. The summed E-state index contributed by atoms with van der Waals surface area (Å²) in [6.45, 7) is 78.2. The second kappa shape index (κ2) is 57.1. The van der Waals surface area contributed by atoms with E-state index in [1.165, 1.54) is 224 Å². The van der Waals surface area contributed by atoms with Gasteiger partial charge in [0.25, 0.3) is 0 Å². The predicted molar refractivity (Wildman–Crippen MR) is 655 cm³/mol. The van der Waals surface area contributed by atoms with Crippen molar-refractivity contribution in [2.24, 2.45) is 11.8 Å². The lowest BCUT2D eigenvalue weighted by Gasteiger charge is -2.30. The Hall–Kier alpha value is -11.0. The number of para-hydroxylation sites is 4. The normalized spacial score (nSPS) is 15.4. The number of aromatic nitrogens is 11. The SMILES string of the molecule is C.CC(C)N1c2ccccc2C=Cc2ccccc21.CC(C)n1c2ccccc2c2ccccc21.CC(C)n1ccc2c1CCCC2.CC(C)n1cccc1.CC1CCCc2ccn(C(C)C)c21.CC1CCc2c(ccn2C(C)C)C1.Cc1cc(C)n(C(C)C)c1.Cc1cc2c(n1C(C)C)CC(C)CC2.Cc1cc2c(n1C(C)C)CCCC2.Cc1ccc(C)n1C(C)C.Cc1cccn1C(C)C.Cc1cn(C(C)C)c2c1CCCC2. The van der Waals surface area contributed by atoms with E-state index in [0.717, 1.165) is 17.8 Å². The van der Waals surface area contributed by atoms with Gasteiger partial charge in [0.05, 0.1) is 0 Å². The highest BCUT2D eigenvalue weighted by molar-refractivity contribution is 6.08. The first kappa shape index (κ1) is 121. The lowest BCUT2D eigenvalue weighted by molar-refractivity contribution is 0.460. The number of anilines is 2. The third kappa shape index (κ3) is 31.4. The molecule has 0 saturated heterocycles. The Labute approximate surface area is 912 Å². The summed E-state index contributed by atoms with van der Waals surface area (Å²) in [5.41, 5.74) is 38.2. The molecule has 0 spiro atoms. The molecule has 1 aliphatic heterocycles. The molecule has 6 aliphatic carbocycles. The average molecular weight is 2030 g/mol. The molecule has 3 atom stereocenters. The summed E-state index contributed by atoms with van der Waals surface area (Å²) in [5, 5.41) is 2.71. The van der Waals surface area contributed by atoms with Crippen LogP contribution in [0.3, 0.4) is 0 Å². The number of benzene rings is 4. The minimum atomic E-state index is 0. The fourth-order valence-electron chi connectivity index (χ4n) is 24.4. The molecule has 0 bridgehead atoms. The van der Waals surface area contributed by atoms with Crippen LogP contribution in [-0.4, -0.2) is 56.3 Å². The molecular formula is C138H204N12. The third-order valence-corrected chi connectivity index (χ3v) is 31.4. The number of hydrogen-bond donors (Lipinski definition) is 0. The van der Waals surface area contributed by atoms with Gasteiger partial charge >= 0.3 is 0 Å². The Balaban J connectivity index is 0.000000168. The molecule has 0 N–H and O–H groups in total. The summed E-state index contributed by atoms with van der Waals surface area (Å²) in [5.74, 6) is 2.52. The van der Waals surface area contributed by atoms with Gasteiger partial charge in [0, 0.05) is 224 Å². The van der Waals surface area contributed by atoms with Gasteiger partial charge < -0.3 is 55.1 Å². The van der Waals surface area contributed by atoms with Gasteiger partial charge in [-0.05, 0) is 527 Å². The maximum absolute atomic E-state index is 2.52. The van der Waals surface area contributed by atoms with Crippen LogP contribution in [0.2, 0.25) is 0 Å². The van der Waals surface area contributed by atoms with Crippen molar-refractivity contribution in [2.75, 3.05) is 4.90 Å². The van der Waals surface area contributed by atoms with Crippen LogP contribution in [0.15, 0.2) is 219 Å². The molecule has 0 radical (unpaired) electrons. The first-order chi connectivity index (χ1) is 71.0. The van der Waals surface area contributed by atoms with Crippen LogP contribution in [0.5, 0.6) is 0 Å². The standard InChI is InChI=1S/C17H17N.C15H15N.C13H21N.4C12H19N.C11H17N.2C9H15N.C8H13N.C7H11N.CH4/c1-13(2)18-16-9-5-3-7-14(16)11-12-15-8-4-6-10-17(15)18;1-11(2)16-14-9-5-3-7-12(14)13-8-4-6-10-15(13)16;1-9(2)14-11(4)8-12-6-5-10(3)7-13(12)14;1-9(2)13-7-6-11-8-10(3)4-5-12(11)13;1-9(2)13-8-7-11-6-4-5-10(3)12(11)13;1-9(2)13-8-10(3)11-6-4-5-7-12(11)13;1-9(2)13-10(3)8-11-6-4-5-7-12(11)13;1-9(2)12-8-7-10-5-3-4-6-11(10)12;1-7(2)10-6-8(3)5-9(10)4;1-7(2)10-8(3)5-6-9(10)4;1-7(2)9-6-4-5-8(9)3;1-7(2)8-5-3-4-6-8;/h3-13H,1-2H3;3-11H,1-2H3;8-10H,5-7H2,1-4H3;6-7,9-10H,4-5,8H2,1-3H3;7-10H,4-6H2,1-3H3;2*8-9H,4-7H2,1-3H3;7-9H,3-6H2,1-2H3;2*5-7H,1-4H3;4-7H,1-3H3;3-7H,1-2H3;1H4. The summed E-state index contributed by atoms with van der Waals surface area (Å²) in [4.78, 5) is 2.41. The van der Waals surface area contributed by atoms with Gasteiger partial charge in [-0.3, -0.25) is 0 Å².